The van der Waals surface area contributed by atoms with Gasteiger partial charge in [-0.25, -0.2) is 18.6 Å². The quantitative estimate of drug-likeness (QED) is 0.545. The molecule has 0 bridgehead atoms. The van der Waals surface area contributed by atoms with Crippen molar-refractivity contribution in [3.63, 3.8) is 0 Å². The lowest BCUT2D eigenvalue weighted by atomic mass is 10.2. The number of carbonyl (C=O) groups is 1. The number of aryl methyl sites for hydroxylation is 3. The third-order valence-corrected chi connectivity index (χ3v) is 4.87. The molecule has 2 aromatic carbocycles. The fourth-order valence-electron chi connectivity index (χ4n) is 3.27. The van der Waals surface area contributed by atoms with Gasteiger partial charge < -0.3 is 9.73 Å². The van der Waals surface area contributed by atoms with E-state index in [9.17, 15) is 18.4 Å². The first-order valence-electron chi connectivity index (χ1n) is 9.19. The Morgan fingerprint density at radius 3 is 2.63 bits per heavy atom. The van der Waals surface area contributed by atoms with Crippen molar-refractivity contribution in [1.82, 2.24) is 14.1 Å². The number of anilines is 1. The van der Waals surface area contributed by atoms with Gasteiger partial charge in [-0.3, -0.25) is 13.9 Å². The molecule has 2 heterocycles. The molecule has 1 N–H and O–H groups in total. The van der Waals surface area contributed by atoms with Gasteiger partial charge in [0, 0.05) is 38.7 Å². The van der Waals surface area contributed by atoms with Crippen molar-refractivity contribution < 1.29 is 18.0 Å². The second-order valence-corrected chi connectivity index (χ2v) is 6.89. The van der Waals surface area contributed by atoms with Crippen LogP contribution in [0, 0.1) is 11.6 Å². The average molecular weight is 412 g/mol. The van der Waals surface area contributed by atoms with Crippen LogP contribution in [0.15, 0.2) is 51.8 Å². The van der Waals surface area contributed by atoms with Gasteiger partial charge in [-0.2, -0.15) is 0 Å². The molecule has 0 saturated carbocycles. The molecule has 0 aliphatic carbocycles. The normalized spacial score (nSPS) is 11.2. The predicted octanol–water partition coefficient (Wildman–Crippen LogP) is 3.38. The minimum atomic E-state index is -0.749. The summed E-state index contributed by atoms with van der Waals surface area (Å²) in [5, 5.41) is 2.78. The van der Waals surface area contributed by atoms with Crippen molar-refractivity contribution in [2.75, 3.05) is 5.32 Å². The van der Waals surface area contributed by atoms with E-state index in [0.29, 0.717) is 11.2 Å². The van der Waals surface area contributed by atoms with Crippen molar-refractivity contribution in [1.29, 1.82) is 0 Å². The molecule has 0 aliphatic heterocycles. The zero-order valence-electron chi connectivity index (χ0n) is 16.3. The first kappa shape index (κ1) is 19.6. The maximum atomic E-state index is 13.9. The maximum absolute atomic E-state index is 13.9. The van der Waals surface area contributed by atoms with E-state index in [2.05, 4.69) is 10.3 Å². The number of carbonyl (C=O) groups excluding carboxylic acids is 1. The Morgan fingerprint density at radius 2 is 1.87 bits per heavy atom. The smallest absolute Gasteiger partial charge is 0.328 e. The van der Waals surface area contributed by atoms with Crippen LogP contribution in [-0.4, -0.2) is 20.0 Å². The van der Waals surface area contributed by atoms with Crippen molar-refractivity contribution in [2.45, 2.75) is 12.8 Å². The van der Waals surface area contributed by atoms with Crippen molar-refractivity contribution in [3.8, 4) is 11.3 Å². The van der Waals surface area contributed by atoms with Gasteiger partial charge in [0.25, 0.3) is 0 Å². The first-order valence-corrected chi connectivity index (χ1v) is 9.19. The van der Waals surface area contributed by atoms with Gasteiger partial charge in [0.2, 0.25) is 5.91 Å². The first-order chi connectivity index (χ1) is 14.3. The standard InChI is InChI=1S/C21H18F2N4O3/c1-26-16-6-4-13(10-17(16)27(2)21(26)29)25-19(28)7-8-20-24-11-18(30-20)14-5-3-12(22)9-15(14)23/h3-6,9-11H,7-8H2,1-2H3,(H,25,28). The van der Waals surface area contributed by atoms with E-state index in [-0.39, 0.29) is 41.7 Å². The summed E-state index contributed by atoms with van der Waals surface area (Å²) < 4.78 is 35.4. The van der Waals surface area contributed by atoms with Crippen LogP contribution in [0.5, 0.6) is 0 Å². The molecule has 1 amide bonds. The number of imidazole rings is 1. The lowest BCUT2D eigenvalue weighted by molar-refractivity contribution is -0.116. The van der Waals surface area contributed by atoms with Crippen LogP contribution in [0.2, 0.25) is 0 Å². The van der Waals surface area contributed by atoms with Crippen LogP contribution >= 0.6 is 0 Å². The Kier molecular flexibility index (Phi) is 4.94. The van der Waals surface area contributed by atoms with Gasteiger partial charge in [-0.05, 0) is 30.3 Å². The molecule has 0 saturated heterocycles. The van der Waals surface area contributed by atoms with Crippen LogP contribution in [0.4, 0.5) is 14.5 Å². The molecule has 154 valence electrons. The largest absolute Gasteiger partial charge is 0.441 e. The fraction of sp³-hybridized carbons (Fsp3) is 0.190. The van der Waals surface area contributed by atoms with Gasteiger partial charge in [-0.1, -0.05) is 0 Å². The summed E-state index contributed by atoms with van der Waals surface area (Å²) in [7, 11) is 3.35. The number of hydrogen-bond acceptors (Lipinski definition) is 4. The maximum Gasteiger partial charge on any atom is 0.328 e. The van der Waals surface area contributed by atoms with Gasteiger partial charge >= 0.3 is 5.69 Å². The molecule has 7 nitrogen and oxygen atoms in total. The highest BCUT2D eigenvalue weighted by atomic mass is 19.1. The van der Waals surface area contributed by atoms with Gasteiger partial charge in [-0.15, -0.1) is 0 Å². The van der Waals surface area contributed by atoms with E-state index in [1.165, 1.54) is 21.4 Å². The number of nitrogens with zero attached hydrogens (tertiary/aromatic N) is 3. The highest BCUT2D eigenvalue weighted by Gasteiger charge is 2.14. The summed E-state index contributed by atoms with van der Waals surface area (Å²) in [5.41, 5.74) is 1.99. The van der Waals surface area contributed by atoms with Crippen LogP contribution < -0.4 is 11.0 Å². The number of oxazole rings is 1. The van der Waals surface area contributed by atoms with Crippen LogP contribution in [0.25, 0.3) is 22.4 Å². The Hall–Kier alpha value is -3.75. The molecule has 9 heteroatoms. The van der Waals surface area contributed by atoms with E-state index in [1.807, 2.05) is 0 Å². The second kappa shape index (κ2) is 7.58. The average Bonchev–Trinajstić information content (AvgIpc) is 3.26. The molecule has 0 aliphatic rings. The highest BCUT2D eigenvalue weighted by Crippen LogP contribution is 2.24. The fourth-order valence-corrected chi connectivity index (χ4v) is 3.27. The molecule has 0 spiro atoms. The number of aromatic nitrogens is 3. The third-order valence-electron chi connectivity index (χ3n) is 4.87. The number of fused-ring (bicyclic) bond motifs is 1. The zero-order chi connectivity index (χ0) is 21.4. The lowest BCUT2D eigenvalue weighted by Crippen LogP contribution is -2.19. The van der Waals surface area contributed by atoms with E-state index in [0.717, 1.165) is 17.6 Å². The van der Waals surface area contributed by atoms with E-state index >= 15 is 0 Å². The molecule has 0 fully saturated rings. The summed E-state index contributed by atoms with van der Waals surface area (Å²) in [6.07, 6.45) is 1.64. The van der Waals surface area contributed by atoms with Crippen LogP contribution in [0.3, 0.4) is 0 Å². The molecule has 2 aromatic heterocycles. The molecule has 0 atom stereocenters. The van der Waals surface area contributed by atoms with E-state index in [1.54, 1.807) is 32.3 Å². The molecule has 30 heavy (non-hydrogen) atoms. The summed E-state index contributed by atoms with van der Waals surface area (Å²) >= 11 is 0. The number of hydrogen-bond donors (Lipinski definition) is 1. The summed E-state index contributed by atoms with van der Waals surface area (Å²) in [4.78, 5) is 28.3. The second-order valence-electron chi connectivity index (χ2n) is 6.89. The van der Waals surface area contributed by atoms with Gasteiger partial charge in [0.1, 0.15) is 11.6 Å². The third kappa shape index (κ3) is 3.61. The molecule has 4 aromatic rings. The molecule has 0 unspecified atom stereocenters. The van der Waals surface area contributed by atoms with Crippen molar-refractivity contribution in [3.05, 3.63) is 70.6 Å². The Bertz CT molecular complexity index is 1320. The topological polar surface area (TPSA) is 82.1 Å². The van der Waals surface area contributed by atoms with Gasteiger partial charge in [0.05, 0.1) is 22.8 Å². The minimum Gasteiger partial charge on any atom is -0.441 e. The van der Waals surface area contributed by atoms with Crippen molar-refractivity contribution >= 4 is 22.6 Å². The Morgan fingerprint density at radius 1 is 1.10 bits per heavy atom. The van der Waals surface area contributed by atoms with Crippen LogP contribution in [0.1, 0.15) is 12.3 Å². The Labute approximate surface area is 169 Å². The zero-order valence-corrected chi connectivity index (χ0v) is 16.3. The highest BCUT2D eigenvalue weighted by molar-refractivity contribution is 5.93. The van der Waals surface area contributed by atoms with E-state index in [4.69, 9.17) is 4.42 Å². The minimum absolute atomic E-state index is 0.0949. The molecule has 0 radical (unpaired) electrons. The van der Waals surface area contributed by atoms with Crippen LogP contribution in [-0.2, 0) is 25.3 Å². The molecular formula is C21H18F2N4O3. The number of benzene rings is 2. The summed E-state index contributed by atoms with van der Waals surface area (Å²) in [6, 6.07) is 8.39. The summed E-state index contributed by atoms with van der Waals surface area (Å²) in [6.45, 7) is 0. The SMILES string of the molecule is Cn1c(=O)n(C)c2cc(NC(=O)CCc3ncc(-c4ccc(F)cc4F)o3)ccc21. The summed E-state index contributed by atoms with van der Waals surface area (Å²) in [5.74, 6) is -1.26. The number of amides is 1. The van der Waals surface area contributed by atoms with Crippen molar-refractivity contribution in [2.24, 2.45) is 14.1 Å². The number of halogens is 2. The molecule has 4 rings (SSSR count). The van der Waals surface area contributed by atoms with Gasteiger partial charge in [0.15, 0.2) is 11.7 Å². The predicted molar refractivity (Wildman–Crippen MR) is 107 cm³/mol. The van der Waals surface area contributed by atoms with E-state index < -0.39 is 11.6 Å². The Balaban J connectivity index is 1.42. The molecular weight excluding hydrogens is 394 g/mol. The monoisotopic (exact) mass is 412 g/mol. The number of nitrogens with one attached hydrogen (secondary N) is 1. The lowest BCUT2D eigenvalue weighted by Gasteiger charge is -2.05. The number of rotatable bonds is 5.